The maximum atomic E-state index is 15.1. The number of hydrogen-bond acceptors (Lipinski definition) is 5. The second-order valence-electron chi connectivity index (χ2n) is 15.1. The summed E-state index contributed by atoms with van der Waals surface area (Å²) in [6.07, 6.45) is 6.52. The topological polar surface area (TPSA) is 74.2 Å². The van der Waals surface area contributed by atoms with Gasteiger partial charge >= 0.3 is 0 Å². The lowest BCUT2D eigenvalue weighted by Crippen LogP contribution is -2.47. The maximum Gasteiger partial charge on any atom is 0.226 e. The van der Waals surface area contributed by atoms with Crippen molar-refractivity contribution in [2.45, 2.75) is 104 Å². The van der Waals surface area contributed by atoms with Crippen molar-refractivity contribution in [2.24, 2.45) is 28.2 Å². The van der Waals surface area contributed by atoms with Crippen LogP contribution in [0.1, 0.15) is 91.5 Å². The van der Waals surface area contributed by atoms with Crippen molar-refractivity contribution in [3.05, 3.63) is 35.4 Å². The first-order valence-corrected chi connectivity index (χ1v) is 16.0. The van der Waals surface area contributed by atoms with E-state index in [1.165, 1.54) is 18.5 Å². The second kappa shape index (κ2) is 13.6. The third-order valence-corrected chi connectivity index (χ3v) is 9.65. The van der Waals surface area contributed by atoms with Crippen molar-refractivity contribution >= 4 is 18.2 Å². The Morgan fingerprint density at radius 1 is 1.12 bits per heavy atom. The van der Waals surface area contributed by atoms with Crippen LogP contribution < -0.4 is 5.32 Å². The largest absolute Gasteiger partial charge is 0.481 e. The summed E-state index contributed by atoms with van der Waals surface area (Å²) >= 11 is 0. The van der Waals surface area contributed by atoms with E-state index >= 15 is 4.39 Å². The van der Waals surface area contributed by atoms with E-state index in [1.54, 1.807) is 6.92 Å². The molecule has 5 atom stereocenters. The van der Waals surface area contributed by atoms with Gasteiger partial charge in [0.25, 0.3) is 0 Å². The molecule has 4 rings (SSSR count). The molecular formula is C34H52F2N4O3. The van der Waals surface area contributed by atoms with Gasteiger partial charge in [0.2, 0.25) is 11.8 Å². The number of nitrogens with zero attached hydrogens (tertiary/aromatic N) is 3. The third kappa shape index (κ3) is 8.99. The number of nitrogens with one attached hydrogen (secondary N) is 1. The fraction of sp³-hybridized carbons (Fsp3) is 0.735. The molecule has 9 heteroatoms. The lowest BCUT2D eigenvalue weighted by molar-refractivity contribution is -0.137. The zero-order valence-electron chi connectivity index (χ0n) is 27.2. The van der Waals surface area contributed by atoms with Crippen molar-refractivity contribution in [3.63, 3.8) is 0 Å². The molecule has 2 heterocycles. The standard InChI is InChI=1S/C34H52F2N4O3/c1-22(41)38-34(5,6)18-24(17-33(2,3)4)23-10-12-40(13-11-23)32(42)30-16-27(39(7)19-26-20-43-21-37-26)15-29(30)28-9-8-25(35)14-31(28)36/h8-9,14,21,23-24,26-27,29-30H,10-13,15-20H2,1-7H3,(H,38,41)/t24?,26?,27?,29-,30+/m0/s1. The fourth-order valence-electron chi connectivity index (χ4n) is 7.90. The minimum absolute atomic E-state index is 0.0168. The Morgan fingerprint density at radius 3 is 2.40 bits per heavy atom. The number of halogens is 2. The summed E-state index contributed by atoms with van der Waals surface area (Å²) in [6, 6.07) is 3.89. The van der Waals surface area contributed by atoms with Crippen LogP contribution in [0.5, 0.6) is 0 Å². The number of rotatable bonds is 10. The summed E-state index contributed by atoms with van der Waals surface area (Å²) in [7, 11) is 2.03. The zero-order valence-corrected chi connectivity index (χ0v) is 27.2. The minimum atomic E-state index is -0.608. The highest BCUT2D eigenvalue weighted by atomic mass is 19.1. The van der Waals surface area contributed by atoms with Gasteiger partial charge in [-0.15, -0.1) is 0 Å². The Bertz CT molecular complexity index is 1160. The van der Waals surface area contributed by atoms with Gasteiger partial charge in [0.1, 0.15) is 18.2 Å². The third-order valence-electron chi connectivity index (χ3n) is 9.65. The Kier molecular flexibility index (Phi) is 10.6. The molecule has 3 aliphatic rings. The number of amides is 2. The Hall–Kier alpha value is -2.55. The number of ether oxygens (including phenoxy) is 1. The first kappa shape index (κ1) is 33.3. The van der Waals surface area contributed by atoms with Crippen LogP contribution in [0, 0.1) is 34.8 Å². The zero-order chi connectivity index (χ0) is 31.5. The van der Waals surface area contributed by atoms with Crippen molar-refractivity contribution in [2.75, 3.05) is 33.3 Å². The van der Waals surface area contributed by atoms with Gasteiger partial charge in [0.05, 0.1) is 6.04 Å². The molecule has 1 aromatic carbocycles. The average molecular weight is 603 g/mol. The molecule has 240 valence electrons. The van der Waals surface area contributed by atoms with E-state index in [-0.39, 0.29) is 46.7 Å². The lowest BCUT2D eigenvalue weighted by atomic mass is 9.70. The number of likely N-dealkylation sites (tertiary alicyclic amines) is 1. The molecule has 2 amide bonds. The highest BCUT2D eigenvalue weighted by molar-refractivity contribution is 5.80. The summed E-state index contributed by atoms with van der Waals surface area (Å²) in [5.41, 5.74) is 0.275. The lowest BCUT2D eigenvalue weighted by Gasteiger charge is -2.42. The van der Waals surface area contributed by atoms with Crippen LogP contribution in [0.25, 0.3) is 0 Å². The van der Waals surface area contributed by atoms with Crippen LogP contribution in [0.2, 0.25) is 0 Å². The highest BCUT2D eigenvalue weighted by Gasteiger charge is 2.45. The van der Waals surface area contributed by atoms with E-state index in [9.17, 15) is 14.0 Å². The summed E-state index contributed by atoms with van der Waals surface area (Å²) in [6.45, 7) is 15.1. The molecule has 1 saturated carbocycles. The van der Waals surface area contributed by atoms with Gasteiger partial charge in [0, 0.05) is 50.1 Å². The second-order valence-corrected chi connectivity index (χ2v) is 15.1. The van der Waals surface area contributed by atoms with Crippen molar-refractivity contribution in [1.82, 2.24) is 15.1 Å². The predicted octanol–water partition coefficient (Wildman–Crippen LogP) is 5.78. The fourth-order valence-corrected chi connectivity index (χ4v) is 7.90. The van der Waals surface area contributed by atoms with Gasteiger partial charge in [-0.1, -0.05) is 26.8 Å². The van der Waals surface area contributed by atoms with Crippen LogP contribution in [0.3, 0.4) is 0 Å². The molecule has 0 bridgehead atoms. The Morgan fingerprint density at radius 2 is 1.81 bits per heavy atom. The average Bonchev–Trinajstić information content (AvgIpc) is 3.57. The molecule has 3 unspecified atom stereocenters. The van der Waals surface area contributed by atoms with Gasteiger partial charge in [-0.3, -0.25) is 14.6 Å². The smallest absolute Gasteiger partial charge is 0.226 e. The van der Waals surface area contributed by atoms with Gasteiger partial charge < -0.3 is 19.9 Å². The number of hydrogen-bond donors (Lipinski definition) is 1. The monoisotopic (exact) mass is 602 g/mol. The van der Waals surface area contributed by atoms with E-state index in [1.807, 2.05) is 11.9 Å². The Labute approximate surface area is 256 Å². The highest BCUT2D eigenvalue weighted by Crippen LogP contribution is 2.45. The van der Waals surface area contributed by atoms with E-state index in [0.717, 1.165) is 31.7 Å². The van der Waals surface area contributed by atoms with Crippen molar-refractivity contribution in [1.29, 1.82) is 0 Å². The summed E-state index contributed by atoms with van der Waals surface area (Å²) < 4.78 is 34.2. The predicted molar refractivity (Wildman–Crippen MR) is 166 cm³/mol. The maximum absolute atomic E-state index is 15.1. The first-order chi connectivity index (χ1) is 20.1. The van der Waals surface area contributed by atoms with Crippen LogP contribution in [0.15, 0.2) is 23.2 Å². The normalized spacial score (nSPS) is 25.7. The SMILES string of the molecule is CC(=O)NC(C)(C)CC(CC(C)(C)C)C1CCN(C(=O)[C@@H]2CC(N(C)CC3COC=N3)C[C@H]2c2ccc(F)cc2F)CC1. The van der Waals surface area contributed by atoms with Gasteiger partial charge in [-0.25, -0.2) is 8.78 Å². The first-order valence-electron chi connectivity index (χ1n) is 16.0. The van der Waals surface area contributed by atoms with Gasteiger partial charge in [0.15, 0.2) is 6.40 Å². The molecule has 7 nitrogen and oxygen atoms in total. The number of carbonyl (C=O) groups excluding carboxylic acids is 2. The number of carbonyl (C=O) groups is 2. The van der Waals surface area contributed by atoms with Crippen LogP contribution in [-0.2, 0) is 14.3 Å². The molecule has 0 radical (unpaired) electrons. The summed E-state index contributed by atoms with van der Waals surface area (Å²) in [4.78, 5) is 34.6. The molecule has 1 aliphatic carbocycles. The molecule has 2 fully saturated rings. The molecule has 1 saturated heterocycles. The Balaban J connectivity index is 1.47. The molecule has 0 spiro atoms. The van der Waals surface area contributed by atoms with E-state index < -0.39 is 11.6 Å². The molecular weight excluding hydrogens is 550 g/mol. The van der Waals surface area contributed by atoms with Crippen molar-refractivity contribution in [3.8, 4) is 0 Å². The van der Waals surface area contributed by atoms with Crippen LogP contribution >= 0.6 is 0 Å². The number of likely N-dealkylation sites (N-methyl/N-ethyl adjacent to an activating group) is 1. The number of aliphatic imine (C=N–C) groups is 1. The van der Waals surface area contributed by atoms with Crippen LogP contribution in [0.4, 0.5) is 8.78 Å². The molecule has 2 aliphatic heterocycles. The van der Waals surface area contributed by atoms with E-state index in [0.29, 0.717) is 56.5 Å². The minimum Gasteiger partial charge on any atom is -0.481 e. The summed E-state index contributed by atoms with van der Waals surface area (Å²) in [5, 5.41) is 3.13. The quantitative estimate of drug-likeness (QED) is 0.369. The molecule has 43 heavy (non-hydrogen) atoms. The van der Waals surface area contributed by atoms with Crippen LogP contribution in [-0.4, -0.2) is 78.9 Å². The number of benzene rings is 1. The van der Waals surface area contributed by atoms with E-state index in [2.05, 4.69) is 49.8 Å². The van der Waals surface area contributed by atoms with Gasteiger partial charge in [-0.2, -0.15) is 0 Å². The summed E-state index contributed by atoms with van der Waals surface area (Å²) in [5.74, 6) is -0.919. The molecule has 0 aromatic heterocycles. The van der Waals surface area contributed by atoms with E-state index in [4.69, 9.17) is 4.74 Å². The number of piperidine rings is 1. The molecule has 1 N–H and O–H groups in total. The van der Waals surface area contributed by atoms with Crippen molar-refractivity contribution < 1.29 is 23.1 Å². The van der Waals surface area contributed by atoms with Gasteiger partial charge in [-0.05, 0) is 94.2 Å². The molecule has 1 aromatic rings.